The first-order valence-electron chi connectivity index (χ1n) is 15.1. The topological polar surface area (TPSA) is 202 Å². The fourth-order valence-corrected chi connectivity index (χ4v) is 4.99. The molecule has 4 aromatic heterocycles. The Hall–Kier alpha value is -6.23. The van der Waals surface area contributed by atoms with E-state index < -0.39 is 23.6 Å². The molecule has 0 aromatic carbocycles. The lowest BCUT2D eigenvalue weighted by Gasteiger charge is -2.09. The fourth-order valence-electron chi connectivity index (χ4n) is 4.95. The van der Waals surface area contributed by atoms with Crippen molar-refractivity contribution < 1.29 is 24.0 Å². The summed E-state index contributed by atoms with van der Waals surface area (Å²) in [5, 5.41) is 19.4. The molecule has 0 spiro atoms. The van der Waals surface area contributed by atoms with Gasteiger partial charge in [0.25, 0.3) is 29.5 Å². The summed E-state index contributed by atoms with van der Waals surface area (Å²) in [5.41, 5.74) is 2.59. The van der Waals surface area contributed by atoms with Gasteiger partial charge < -0.3 is 55.5 Å². The minimum absolute atomic E-state index is 0.194. The molecule has 4 rings (SSSR count). The molecule has 0 fully saturated rings. The number of nitrogens with one attached hydrogen (secondary N) is 7. The Morgan fingerprint density at radius 1 is 0.620 bits per heavy atom. The van der Waals surface area contributed by atoms with Crippen LogP contribution in [0.25, 0.3) is 0 Å². The zero-order valence-corrected chi connectivity index (χ0v) is 29.2. The van der Waals surface area contributed by atoms with Crippen LogP contribution in [0.3, 0.4) is 0 Å². The first-order valence-corrected chi connectivity index (χ1v) is 15.5. The van der Waals surface area contributed by atoms with Crippen LogP contribution < -0.4 is 37.2 Å². The molecule has 0 aliphatic heterocycles. The maximum Gasteiger partial charge on any atom is 0.272 e. The van der Waals surface area contributed by atoms with Gasteiger partial charge in [-0.2, -0.15) is 0 Å². The quantitative estimate of drug-likeness (QED) is 0.0505. The van der Waals surface area contributed by atoms with Crippen LogP contribution in [0, 0.1) is 0 Å². The summed E-state index contributed by atoms with van der Waals surface area (Å²) in [4.78, 5) is 67.8. The van der Waals surface area contributed by atoms with Gasteiger partial charge in [0.05, 0.1) is 27.8 Å². The van der Waals surface area contributed by atoms with E-state index in [0.717, 1.165) is 0 Å². The Kier molecular flexibility index (Phi) is 11.6. The lowest BCUT2D eigenvalue weighted by atomic mass is 10.3. The lowest BCUT2D eigenvalue weighted by molar-refractivity contribution is -0.112. The van der Waals surface area contributed by atoms with E-state index in [2.05, 4.69) is 48.8 Å². The van der Waals surface area contributed by atoms with E-state index in [1.165, 1.54) is 22.8 Å². The average Bonchev–Trinajstić information content (AvgIpc) is 3.82. The molecule has 7 N–H and O–H groups in total. The van der Waals surface area contributed by atoms with Gasteiger partial charge in [0.15, 0.2) is 5.96 Å². The molecular weight excluding hydrogens is 668 g/mol. The third-order valence-corrected chi connectivity index (χ3v) is 7.56. The number of hydrogen-bond donors (Lipinski definition) is 7. The van der Waals surface area contributed by atoms with E-state index >= 15 is 0 Å². The highest BCUT2D eigenvalue weighted by molar-refractivity contribution is 6.43. The number of aliphatic imine (C=N–C) groups is 1. The van der Waals surface area contributed by atoms with Crippen molar-refractivity contribution in [3.05, 3.63) is 83.4 Å². The largest absolute Gasteiger partial charge is 0.359 e. The molecule has 18 heteroatoms. The monoisotopic (exact) mass is 706 g/mol. The number of carbonyl (C=O) groups excluding carboxylic acids is 5. The Bertz CT molecular complexity index is 2000. The summed E-state index contributed by atoms with van der Waals surface area (Å²) in [6, 6.07) is 6.07. The van der Waals surface area contributed by atoms with Crippen LogP contribution in [0.5, 0.6) is 0 Å². The molecule has 17 nitrogen and oxygen atoms in total. The van der Waals surface area contributed by atoms with E-state index in [1.54, 1.807) is 86.8 Å². The molecule has 264 valence electrons. The van der Waals surface area contributed by atoms with Gasteiger partial charge in [0, 0.05) is 80.2 Å². The number of aryl methyl sites for hydroxylation is 4. The number of carbonyl (C=O) groups is 5. The molecule has 5 amide bonds. The van der Waals surface area contributed by atoms with Crippen molar-refractivity contribution in [3.8, 4) is 0 Å². The zero-order chi connectivity index (χ0) is 36.7. The van der Waals surface area contributed by atoms with Crippen LogP contribution >= 0.6 is 11.6 Å². The van der Waals surface area contributed by atoms with Gasteiger partial charge in [-0.15, -0.1) is 0 Å². The van der Waals surface area contributed by atoms with Crippen LogP contribution in [-0.4, -0.2) is 80.9 Å². The Morgan fingerprint density at radius 3 is 1.30 bits per heavy atom. The minimum atomic E-state index is -0.590. The maximum absolute atomic E-state index is 13.2. The summed E-state index contributed by atoms with van der Waals surface area (Å²) >= 11 is 5.62. The average molecular weight is 707 g/mol. The Balaban J connectivity index is 1.35. The molecule has 0 saturated carbocycles. The summed E-state index contributed by atoms with van der Waals surface area (Å²) in [6.07, 6.45) is 6.33. The van der Waals surface area contributed by atoms with Gasteiger partial charge in [-0.1, -0.05) is 18.2 Å². The molecule has 0 aliphatic rings. The second-order valence-electron chi connectivity index (χ2n) is 11.1. The van der Waals surface area contributed by atoms with Crippen LogP contribution in [0.15, 0.2) is 65.7 Å². The fraction of sp³-hybridized carbons (Fsp3) is 0.250. The van der Waals surface area contributed by atoms with Crippen molar-refractivity contribution in [3.63, 3.8) is 0 Å². The first-order chi connectivity index (χ1) is 23.7. The highest BCUT2D eigenvalue weighted by Gasteiger charge is 2.20. The first kappa shape index (κ1) is 36.6. The number of nitrogens with zero attached hydrogens (tertiary/aromatic N) is 5. The third kappa shape index (κ3) is 8.81. The molecular formula is C32H39ClN12O5. The van der Waals surface area contributed by atoms with Crippen LogP contribution in [0.4, 0.5) is 22.7 Å². The molecule has 0 bridgehead atoms. The van der Waals surface area contributed by atoms with Crippen molar-refractivity contribution in [1.29, 1.82) is 0 Å². The van der Waals surface area contributed by atoms with Gasteiger partial charge in [-0.05, 0) is 24.3 Å². The maximum atomic E-state index is 13.2. The molecule has 4 aromatic rings. The van der Waals surface area contributed by atoms with Crippen molar-refractivity contribution >= 4 is 69.8 Å². The Labute approximate surface area is 292 Å². The number of halogens is 1. The van der Waals surface area contributed by atoms with Crippen molar-refractivity contribution in [2.45, 2.75) is 0 Å². The second-order valence-corrected chi connectivity index (χ2v) is 11.6. The van der Waals surface area contributed by atoms with Crippen molar-refractivity contribution in [2.24, 2.45) is 33.2 Å². The Morgan fingerprint density at radius 2 is 0.960 bits per heavy atom. The summed E-state index contributed by atoms with van der Waals surface area (Å²) in [7, 11) is 10.0. The third-order valence-electron chi connectivity index (χ3n) is 7.39. The zero-order valence-electron chi connectivity index (χ0n) is 28.4. The molecule has 50 heavy (non-hydrogen) atoms. The SMILES string of the molecule is C=C(Cl)C(=O)Nc1cc(C(=O)Nc2cc(C(=O)Nc3cc(C(=O)Nc4cc(C(=O)NCCNC(=NC)NC)n(C)c4)n(C)c3)n(C)c2)n(C)c1. The van der Waals surface area contributed by atoms with E-state index in [1.807, 2.05) is 0 Å². The number of anilines is 4. The number of amides is 5. The molecule has 0 saturated heterocycles. The highest BCUT2D eigenvalue weighted by Crippen LogP contribution is 2.21. The summed E-state index contributed by atoms with van der Waals surface area (Å²) < 4.78 is 6.24. The predicted molar refractivity (Wildman–Crippen MR) is 192 cm³/mol. The van der Waals surface area contributed by atoms with E-state index in [4.69, 9.17) is 11.6 Å². The number of hydrogen-bond acceptors (Lipinski definition) is 6. The van der Waals surface area contributed by atoms with E-state index in [-0.39, 0.29) is 28.0 Å². The summed E-state index contributed by atoms with van der Waals surface area (Å²) in [6.45, 7) is 4.19. The van der Waals surface area contributed by atoms with Gasteiger partial charge in [-0.3, -0.25) is 29.0 Å². The molecule has 0 atom stereocenters. The minimum Gasteiger partial charge on any atom is -0.359 e. The molecule has 0 radical (unpaired) electrons. The van der Waals surface area contributed by atoms with Crippen molar-refractivity contribution in [2.75, 3.05) is 48.5 Å². The van der Waals surface area contributed by atoms with Gasteiger partial charge >= 0.3 is 0 Å². The second kappa shape index (κ2) is 15.8. The van der Waals surface area contributed by atoms with E-state index in [0.29, 0.717) is 47.5 Å². The highest BCUT2D eigenvalue weighted by atomic mass is 35.5. The normalized spacial score (nSPS) is 11.1. The smallest absolute Gasteiger partial charge is 0.272 e. The molecule has 0 aliphatic carbocycles. The predicted octanol–water partition coefficient (Wildman–Crippen LogP) is 2.01. The van der Waals surface area contributed by atoms with E-state index in [9.17, 15) is 24.0 Å². The van der Waals surface area contributed by atoms with Crippen LogP contribution in [-0.2, 0) is 33.0 Å². The van der Waals surface area contributed by atoms with Gasteiger partial charge in [0.2, 0.25) is 0 Å². The van der Waals surface area contributed by atoms with Crippen molar-refractivity contribution in [1.82, 2.24) is 34.2 Å². The van der Waals surface area contributed by atoms with Crippen LogP contribution in [0.2, 0.25) is 0 Å². The number of rotatable bonds is 12. The summed E-state index contributed by atoms with van der Waals surface area (Å²) in [5.74, 6) is -1.70. The van der Waals surface area contributed by atoms with Gasteiger partial charge in [0.1, 0.15) is 22.8 Å². The van der Waals surface area contributed by atoms with Crippen LogP contribution in [0.1, 0.15) is 42.0 Å². The lowest BCUT2D eigenvalue weighted by Crippen LogP contribution is -2.40. The van der Waals surface area contributed by atoms with Gasteiger partial charge in [-0.25, -0.2) is 0 Å². The number of guanidine groups is 1. The molecule has 4 heterocycles. The molecule has 0 unspecified atom stereocenters. The number of aromatic nitrogens is 4. The standard InChI is InChI=1S/C32H39ClN12O5/c1-18(33)27(46)38-19-11-24(43(5)14-19)29(48)40-21-13-26(45(7)16-21)31(50)41-22-12-25(44(6)17-22)30(49)39-20-10-23(42(4)15-20)28(47)36-8-9-37-32(34-2)35-3/h10-17H,1,8-9H2,2-7H3,(H,36,47)(H,38,46)(H,39,49)(H,40,48)(H,41,50)(H2,34,35,37).